The first-order chi connectivity index (χ1) is 9.29. The third-order valence-corrected chi connectivity index (χ3v) is 4.95. The fourth-order valence-corrected chi connectivity index (χ4v) is 3.33. The number of carbonyl (C=O) groups is 1. The fraction of sp³-hybridized carbons (Fsp3) is 0.417. The van der Waals surface area contributed by atoms with E-state index in [1.807, 2.05) is 6.92 Å². The van der Waals surface area contributed by atoms with Crippen LogP contribution >= 0.6 is 15.9 Å². The molecule has 0 aromatic heterocycles. The molecule has 0 radical (unpaired) electrons. The Bertz CT molecular complexity index is 633. The molecule has 0 bridgehead atoms. The Kier molecular flexibility index (Phi) is 4.48. The van der Waals surface area contributed by atoms with E-state index < -0.39 is 10.0 Å². The van der Waals surface area contributed by atoms with E-state index in [0.29, 0.717) is 16.7 Å². The molecule has 1 aliphatic rings. The largest absolute Gasteiger partial charge is 0.325 e. The van der Waals surface area contributed by atoms with Crippen LogP contribution in [0.5, 0.6) is 0 Å². The van der Waals surface area contributed by atoms with E-state index >= 15 is 0 Å². The summed E-state index contributed by atoms with van der Waals surface area (Å²) >= 11 is 3.24. The van der Waals surface area contributed by atoms with Crippen LogP contribution < -0.4 is 15.8 Å². The molecule has 1 fully saturated rings. The summed E-state index contributed by atoms with van der Waals surface area (Å²) in [5, 5.41) is 11.0. The second-order valence-electron chi connectivity index (χ2n) is 4.92. The number of sulfonamides is 1. The second kappa shape index (κ2) is 5.80. The molecule has 0 spiro atoms. The van der Waals surface area contributed by atoms with Crippen LogP contribution in [0.15, 0.2) is 27.6 Å². The van der Waals surface area contributed by atoms with Crippen molar-refractivity contribution in [2.24, 2.45) is 17.0 Å². The van der Waals surface area contributed by atoms with E-state index in [1.54, 1.807) is 0 Å². The summed E-state index contributed by atoms with van der Waals surface area (Å²) in [4.78, 5) is 12.1. The minimum atomic E-state index is -3.75. The highest BCUT2D eigenvalue weighted by molar-refractivity contribution is 9.10. The highest BCUT2D eigenvalue weighted by Gasteiger charge is 2.29. The number of primary sulfonamides is 1. The molecule has 2 rings (SSSR count). The molecule has 6 nitrogen and oxygen atoms in total. The number of nitrogens with one attached hydrogen (secondary N) is 2. The van der Waals surface area contributed by atoms with Gasteiger partial charge in [-0.1, -0.05) is 6.92 Å². The number of hydrogen-bond donors (Lipinski definition) is 3. The van der Waals surface area contributed by atoms with Gasteiger partial charge in [0, 0.05) is 11.0 Å². The van der Waals surface area contributed by atoms with Gasteiger partial charge in [-0.05, 0) is 46.6 Å². The lowest BCUT2D eigenvalue weighted by Crippen LogP contribution is -2.28. The average molecular weight is 362 g/mol. The number of halogens is 1. The summed E-state index contributed by atoms with van der Waals surface area (Å²) in [6.07, 6.45) is 0. The molecule has 4 N–H and O–H groups in total. The summed E-state index contributed by atoms with van der Waals surface area (Å²) in [6, 6.07) is 4.27. The maximum atomic E-state index is 12.1. The zero-order valence-electron chi connectivity index (χ0n) is 10.9. The van der Waals surface area contributed by atoms with Gasteiger partial charge >= 0.3 is 0 Å². The maximum Gasteiger partial charge on any atom is 0.238 e. The van der Waals surface area contributed by atoms with Gasteiger partial charge in [0.05, 0.1) is 16.5 Å². The van der Waals surface area contributed by atoms with E-state index in [2.05, 4.69) is 26.6 Å². The molecule has 1 heterocycles. The molecule has 110 valence electrons. The van der Waals surface area contributed by atoms with Gasteiger partial charge in [-0.3, -0.25) is 4.79 Å². The summed E-state index contributed by atoms with van der Waals surface area (Å²) in [5.74, 6) is 0.115. The standard InChI is InChI=1S/C12H16BrN3O3S/c1-7-5-15-6-9(7)12(17)16-11-3-2-8(4-10(11)13)20(14,18)19/h2-4,7,9,15H,5-6H2,1H3,(H,16,17)(H2,14,18,19). The van der Waals surface area contributed by atoms with Gasteiger partial charge in [-0.2, -0.15) is 0 Å². The molecule has 2 unspecified atom stereocenters. The van der Waals surface area contributed by atoms with Crippen LogP contribution in [0.1, 0.15) is 6.92 Å². The molecule has 1 aromatic rings. The molecular formula is C12H16BrN3O3S. The van der Waals surface area contributed by atoms with E-state index in [4.69, 9.17) is 5.14 Å². The third kappa shape index (κ3) is 3.38. The first kappa shape index (κ1) is 15.4. The zero-order chi connectivity index (χ0) is 14.9. The number of amides is 1. The van der Waals surface area contributed by atoms with Crippen LogP contribution in [0.25, 0.3) is 0 Å². The molecular weight excluding hydrogens is 346 g/mol. The number of carbonyl (C=O) groups excluding carboxylic acids is 1. The highest BCUT2D eigenvalue weighted by Crippen LogP contribution is 2.27. The van der Waals surface area contributed by atoms with Crippen molar-refractivity contribution in [2.45, 2.75) is 11.8 Å². The lowest BCUT2D eigenvalue weighted by Gasteiger charge is -2.15. The summed E-state index contributed by atoms with van der Waals surface area (Å²) in [7, 11) is -3.75. The first-order valence-corrected chi connectivity index (χ1v) is 8.47. The van der Waals surface area contributed by atoms with Crippen LogP contribution in [0.3, 0.4) is 0 Å². The Balaban J connectivity index is 2.16. The molecule has 0 saturated carbocycles. The van der Waals surface area contributed by atoms with Crippen LogP contribution in [0, 0.1) is 11.8 Å². The van der Waals surface area contributed by atoms with Crippen molar-refractivity contribution in [3.63, 3.8) is 0 Å². The van der Waals surface area contributed by atoms with Crippen molar-refractivity contribution in [3.05, 3.63) is 22.7 Å². The summed E-state index contributed by atoms with van der Waals surface area (Å²) in [5.41, 5.74) is 0.529. The molecule has 1 amide bonds. The lowest BCUT2D eigenvalue weighted by molar-refractivity contribution is -0.120. The van der Waals surface area contributed by atoms with Crippen molar-refractivity contribution >= 4 is 37.5 Å². The van der Waals surface area contributed by atoms with E-state index in [9.17, 15) is 13.2 Å². The summed E-state index contributed by atoms with van der Waals surface area (Å²) in [6.45, 7) is 3.49. The van der Waals surface area contributed by atoms with Crippen molar-refractivity contribution in [3.8, 4) is 0 Å². The fourth-order valence-electron chi connectivity index (χ4n) is 2.16. The SMILES string of the molecule is CC1CNCC1C(=O)Nc1ccc(S(N)(=O)=O)cc1Br. The second-order valence-corrected chi connectivity index (χ2v) is 7.33. The van der Waals surface area contributed by atoms with Gasteiger partial charge < -0.3 is 10.6 Å². The lowest BCUT2D eigenvalue weighted by atomic mass is 9.97. The van der Waals surface area contributed by atoms with Gasteiger partial charge in [-0.25, -0.2) is 13.6 Å². The molecule has 8 heteroatoms. The summed E-state index contributed by atoms with van der Waals surface area (Å²) < 4.78 is 22.9. The Labute approximate surface area is 126 Å². The topological polar surface area (TPSA) is 101 Å². The minimum Gasteiger partial charge on any atom is -0.325 e. The first-order valence-electron chi connectivity index (χ1n) is 6.13. The Hall–Kier alpha value is -0.960. The molecule has 2 atom stereocenters. The van der Waals surface area contributed by atoms with Gasteiger partial charge in [-0.15, -0.1) is 0 Å². The van der Waals surface area contributed by atoms with Crippen LogP contribution in [0.4, 0.5) is 5.69 Å². The van der Waals surface area contributed by atoms with Crippen molar-refractivity contribution in [1.82, 2.24) is 5.32 Å². The van der Waals surface area contributed by atoms with Gasteiger partial charge in [0.15, 0.2) is 0 Å². The van der Waals surface area contributed by atoms with E-state index in [1.165, 1.54) is 18.2 Å². The minimum absolute atomic E-state index is 0.00160. The number of rotatable bonds is 3. The van der Waals surface area contributed by atoms with Gasteiger partial charge in [0.1, 0.15) is 0 Å². The van der Waals surface area contributed by atoms with Gasteiger partial charge in [0.2, 0.25) is 15.9 Å². The quantitative estimate of drug-likeness (QED) is 0.743. The smallest absolute Gasteiger partial charge is 0.238 e. The Morgan fingerprint density at radius 2 is 2.15 bits per heavy atom. The number of nitrogens with two attached hydrogens (primary N) is 1. The molecule has 1 aliphatic heterocycles. The predicted octanol–water partition coefficient (Wildman–Crippen LogP) is 0.891. The normalized spacial score (nSPS) is 22.8. The number of benzene rings is 1. The van der Waals surface area contributed by atoms with Crippen molar-refractivity contribution in [2.75, 3.05) is 18.4 Å². The third-order valence-electron chi connectivity index (χ3n) is 3.38. The predicted molar refractivity (Wildman–Crippen MR) is 79.7 cm³/mol. The van der Waals surface area contributed by atoms with Crippen molar-refractivity contribution in [1.29, 1.82) is 0 Å². The highest BCUT2D eigenvalue weighted by atomic mass is 79.9. The van der Waals surface area contributed by atoms with E-state index in [0.717, 1.165) is 6.54 Å². The number of anilines is 1. The number of hydrogen-bond acceptors (Lipinski definition) is 4. The van der Waals surface area contributed by atoms with E-state index in [-0.39, 0.29) is 22.6 Å². The molecule has 20 heavy (non-hydrogen) atoms. The van der Waals surface area contributed by atoms with Crippen LogP contribution in [-0.4, -0.2) is 27.4 Å². The maximum absolute atomic E-state index is 12.1. The molecule has 0 aliphatic carbocycles. The Morgan fingerprint density at radius 1 is 1.45 bits per heavy atom. The van der Waals surface area contributed by atoms with Gasteiger partial charge in [0.25, 0.3) is 0 Å². The molecule has 1 aromatic carbocycles. The van der Waals surface area contributed by atoms with Crippen LogP contribution in [0.2, 0.25) is 0 Å². The van der Waals surface area contributed by atoms with Crippen molar-refractivity contribution < 1.29 is 13.2 Å². The Morgan fingerprint density at radius 3 is 2.65 bits per heavy atom. The zero-order valence-corrected chi connectivity index (χ0v) is 13.3. The molecule has 1 saturated heterocycles. The monoisotopic (exact) mass is 361 g/mol. The average Bonchev–Trinajstić information content (AvgIpc) is 2.76. The van der Waals surface area contributed by atoms with Crippen LogP contribution in [-0.2, 0) is 14.8 Å².